The molecule has 1 aromatic carbocycles. The van der Waals surface area contributed by atoms with Crippen molar-refractivity contribution in [3.05, 3.63) is 57.2 Å². The topological polar surface area (TPSA) is 46.5 Å². The van der Waals surface area contributed by atoms with Gasteiger partial charge in [0.05, 0.1) is 12.0 Å². The number of ketones is 1. The molecule has 0 amide bonds. The molecule has 32 heavy (non-hydrogen) atoms. The highest BCUT2D eigenvalue weighted by Crippen LogP contribution is 2.44. The highest BCUT2D eigenvalue weighted by atomic mass is 16.5. The summed E-state index contributed by atoms with van der Waals surface area (Å²) in [4.78, 5) is 12.9. The van der Waals surface area contributed by atoms with Gasteiger partial charge >= 0.3 is 0 Å². The number of phenolic OH excluding ortho intramolecular Hbond substituents is 1. The van der Waals surface area contributed by atoms with E-state index in [0.29, 0.717) is 23.3 Å². The van der Waals surface area contributed by atoms with Crippen LogP contribution in [0.1, 0.15) is 107 Å². The third-order valence-electron chi connectivity index (χ3n) is 6.67. The van der Waals surface area contributed by atoms with Gasteiger partial charge in [0.1, 0.15) is 17.1 Å². The Bertz CT molecular complexity index is 942. The first-order valence-corrected chi connectivity index (χ1v) is 11.9. The highest BCUT2D eigenvalue weighted by molar-refractivity contribution is 6.03. The zero-order valence-corrected chi connectivity index (χ0v) is 21.4. The Balaban J connectivity index is 1.95. The van der Waals surface area contributed by atoms with Gasteiger partial charge in [-0.2, -0.15) is 0 Å². The first-order chi connectivity index (χ1) is 14.9. The molecule has 0 unspecified atom stereocenters. The summed E-state index contributed by atoms with van der Waals surface area (Å²) >= 11 is 0. The van der Waals surface area contributed by atoms with Gasteiger partial charge in [-0.15, -0.1) is 0 Å². The van der Waals surface area contributed by atoms with E-state index in [9.17, 15) is 9.90 Å². The summed E-state index contributed by atoms with van der Waals surface area (Å²) in [5.74, 6) is 0.937. The summed E-state index contributed by atoms with van der Waals surface area (Å²) in [6.07, 6.45) is 13.4. The van der Waals surface area contributed by atoms with E-state index >= 15 is 0 Å². The van der Waals surface area contributed by atoms with E-state index in [4.69, 9.17) is 4.74 Å². The number of hydrogen-bond donors (Lipinski definition) is 1. The minimum absolute atomic E-state index is 0.0686. The van der Waals surface area contributed by atoms with Gasteiger partial charge in [-0.3, -0.25) is 4.79 Å². The smallest absolute Gasteiger partial charge is 0.170 e. The maximum Gasteiger partial charge on any atom is 0.170 e. The van der Waals surface area contributed by atoms with Gasteiger partial charge in [-0.05, 0) is 105 Å². The Labute approximate surface area is 195 Å². The van der Waals surface area contributed by atoms with Gasteiger partial charge in [0.15, 0.2) is 5.78 Å². The first-order valence-electron chi connectivity index (χ1n) is 11.9. The molecule has 0 fully saturated rings. The van der Waals surface area contributed by atoms with Crippen LogP contribution >= 0.6 is 0 Å². The van der Waals surface area contributed by atoms with Crippen molar-refractivity contribution >= 4 is 5.78 Å². The molecule has 176 valence electrons. The van der Waals surface area contributed by atoms with E-state index in [1.165, 1.54) is 16.7 Å². The van der Waals surface area contributed by atoms with Crippen molar-refractivity contribution in [2.45, 2.75) is 106 Å². The van der Waals surface area contributed by atoms with Crippen LogP contribution in [0, 0.1) is 20.8 Å². The SMILES string of the molecule is CC(C)=CCCC(C)=CCCC(C)=CCC[C@@]1(C)CC(=O)c2c(C)c(O)c(C)c(C)c2O1. The number of rotatable bonds is 9. The van der Waals surface area contributed by atoms with Crippen molar-refractivity contribution in [1.82, 2.24) is 0 Å². The Kier molecular flexibility index (Phi) is 8.95. The average molecular weight is 439 g/mol. The Morgan fingerprint density at radius 1 is 0.906 bits per heavy atom. The average Bonchev–Trinajstić information content (AvgIpc) is 2.69. The van der Waals surface area contributed by atoms with Crippen LogP contribution in [-0.4, -0.2) is 16.5 Å². The normalized spacial score (nSPS) is 18.9. The molecule has 0 saturated heterocycles. The largest absolute Gasteiger partial charge is 0.507 e. The zero-order valence-electron chi connectivity index (χ0n) is 21.4. The lowest BCUT2D eigenvalue weighted by Crippen LogP contribution is -2.39. The molecule has 3 nitrogen and oxygen atoms in total. The number of carbonyl (C=O) groups is 1. The van der Waals surface area contributed by atoms with Gasteiger partial charge in [0, 0.05) is 5.56 Å². The lowest BCUT2D eigenvalue weighted by Gasteiger charge is -2.37. The third kappa shape index (κ3) is 6.60. The zero-order chi connectivity index (χ0) is 24.1. The number of fused-ring (bicyclic) bond motifs is 1. The van der Waals surface area contributed by atoms with Crippen LogP contribution in [0.5, 0.6) is 11.5 Å². The fourth-order valence-electron chi connectivity index (χ4n) is 4.38. The predicted octanol–water partition coefficient (Wildman–Crippen LogP) is 8.24. The number of benzene rings is 1. The van der Waals surface area contributed by atoms with Crippen LogP contribution < -0.4 is 4.74 Å². The number of Topliss-reactive ketones (excluding diaryl/α,β-unsaturated/α-hetero) is 1. The van der Waals surface area contributed by atoms with E-state index in [-0.39, 0.29) is 11.5 Å². The molecule has 0 saturated carbocycles. The quantitative estimate of drug-likeness (QED) is 0.395. The molecule has 0 radical (unpaired) electrons. The van der Waals surface area contributed by atoms with E-state index < -0.39 is 5.60 Å². The summed E-state index contributed by atoms with van der Waals surface area (Å²) in [6, 6.07) is 0. The van der Waals surface area contributed by atoms with Crippen molar-refractivity contribution in [1.29, 1.82) is 0 Å². The number of hydrogen-bond acceptors (Lipinski definition) is 3. The second-order valence-corrected chi connectivity index (χ2v) is 10.1. The van der Waals surface area contributed by atoms with Gasteiger partial charge in [0.2, 0.25) is 0 Å². The molecule has 1 aliphatic heterocycles. The number of ether oxygens (including phenoxy) is 1. The molecule has 3 heteroatoms. The van der Waals surface area contributed by atoms with E-state index in [2.05, 4.69) is 45.9 Å². The number of phenols is 1. The van der Waals surface area contributed by atoms with Crippen LogP contribution in [-0.2, 0) is 0 Å². The second kappa shape index (κ2) is 11.0. The lowest BCUT2D eigenvalue weighted by atomic mass is 9.84. The number of aromatic hydroxyl groups is 1. The second-order valence-electron chi connectivity index (χ2n) is 10.1. The molecule has 0 spiro atoms. The molecule has 0 bridgehead atoms. The maximum atomic E-state index is 12.9. The predicted molar refractivity (Wildman–Crippen MR) is 135 cm³/mol. The molecule has 0 aromatic heterocycles. The lowest BCUT2D eigenvalue weighted by molar-refractivity contribution is 0.0466. The minimum Gasteiger partial charge on any atom is -0.507 e. The van der Waals surface area contributed by atoms with Crippen molar-refractivity contribution in [3.8, 4) is 11.5 Å². The molecule has 1 aliphatic rings. The summed E-state index contributed by atoms with van der Waals surface area (Å²) in [7, 11) is 0. The summed E-state index contributed by atoms with van der Waals surface area (Å²) < 4.78 is 6.41. The van der Waals surface area contributed by atoms with Crippen molar-refractivity contribution in [3.63, 3.8) is 0 Å². The monoisotopic (exact) mass is 438 g/mol. The molecule has 1 heterocycles. The molecular weight excluding hydrogens is 396 g/mol. The highest BCUT2D eigenvalue weighted by Gasteiger charge is 2.38. The van der Waals surface area contributed by atoms with Crippen LogP contribution in [0.4, 0.5) is 0 Å². The molecule has 1 aromatic rings. The van der Waals surface area contributed by atoms with Gasteiger partial charge < -0.3 is 9.84 Å². The first kappa shape index (κ1) is 26.0. The van der Waals surface area contributed by atoms with Gasteiger partial charge in [-0.1, -0.05) is 34.9 Å². The molecular formula is C29H42O3. The number of carbonyl (C=O) groups excluding carboxylic acids is 1. The fourth-order valence-corrected chi connectivity index (χ4v) is 4.38. The third-order valence-corrected chi connectivity index (χ3v) is 6.67. The molecule has 2 rings (SSSR count). The van der Waals surface area contributed by atoms with E-state index in [0.717, 1.165) is 49.7 Å². The van der Waals surface area contributed by atoms with Crippen LogP contribution in [0.2, 0.25) is 0 Å². The van der Waals surface area contributed by atoms with Crippen molar-refractivity contribution < 1.29 is 14.6 Å². The Morgan fingerprint density at radius 3 is 2.06 bits per heavy atom. The Hall–Kier alpha value is -2.29. The van der Waals surface area contributed by atoms with Gasteiger partial charge in [-0.25, -0.2) is 0 Å². The Morgan fingerprint density at radius 2 is 1.47 bits per heavy atom. The number of allylic oxidation sites excluding steroid dienone is 6. The molecule has 1 atom stereocenters. The van der Waals surface area contributed by atoms with Crippen molar-refractivity contribution in [2.75, 3.05) is 0 Å². The maximum absolute atomic E-state index is 12.9. The van der Waals surface area contributed by atoms with Crippen molar-refractivity contribution in [2.24, 2.45) is 0 Å². The summed E-state index contributed by atoms with van der Waals surface area (Å²) in [6.45, 7) is 16.3. The van der Waals surface area contributed by atoms with E-state index in [1.54, 1.807) is 6.92 Å². The van der Waals surface area contributed by atoms with Crippen LogP contribution in [0.25, 0.3) is 0 Å². The van der Waals surface area contributed by atoms with Gasteiger partial charge in [0.25, 0.3) is 0 Å². The van der Waals surface area contributed by atoms with Crippen LogP contribution in [0.3, 0.4) is 0 Å². The standard InChI is InChI=1S/C29H42O3/c1-19(2)12-9-13-20(3)14-10-15-21(4)16-11-17-29(8)18-25(30)26-24(7)27(31)22(5)23(6)28(26)32-29/h12,14,16,31H,9-11,13,15,17-18H2,1-8H3/t29-/m0/s1. The fraction of sp³-hybridized carbons (Fsp3) is 0.552. The summed E-state index contributed by atoms with van der Waals surface area (Å²) in [5.41, 5.74) is 6.56. The van der Waals surface area contributed by atoms with E-state index in [1.807, 2.05) is 20.8 Å². The van der Waals surface area contributed by atoms with Crippen LogP contribution in [0.15, 0.2) is 34.9 Å². The minimum atomic E-state index is -0.511. The molecule has 0 aliphatic carbocycles. The molecule has 1 N–H and O–H groups in total. The summed E-state index contributed by atoms with van der Waals surface area (Å²) in [5, 5.41) is 10.3.